The van der Waals surface area contributed by atoms with E-state index < -0.39 is 0 Å². The van der Waals surface area contributed by atoms with Crippen LogP contribution in [0.5, 0.6) is 0 Å². The number of hydrogen-bond acceptors (Lipinski definition) is 0. The second-order valence-corrected chi connectivity index (χ2v) is 7.44. The third kappa shape index (κ3) is 2.36. The summed E-state index contributed by atoms with van der Waals surface area (Å²) in [6.07, 6.45) is 7.32. The van der Waals surface area contributed by atoms with Crippen molar-refractivity contribution in [1.29, 1.82) is 0 Å². The van der Waals surface area contributed by atoms with Crippen molar-refractivity contribution in [3.63, 3.8) is 0 Å². The molecule has 0 radical (unpaired) electrons. The molecule has 122 valence electrons. The highest BCUT2D eigenvalue weighted by molar-refractivity contribution is 5.69. The Labute approximate surface area is 145 Å². The summed E-state index contributed by atoms with van der Waals surface area (Å²) in [7, 11) is 0. The van der Waals surface area contributed by atoms with Gasteiger partial charge in [0.15, 0.2) is 0 Å². The lowest BCUT2D eigenvalue weighted by Gasteiger charge is -2.33. The van der Waals surface area contributed by atoms with Gasteiger partial charge in [0.1, 0.15) is 0 Å². The first-order valence-electron chi connectivity index (χ1n) is 9.25. The third-order valence-corrected chi connectivity index (χ3v) is 5.89. The molecule has 0 aromatic heterocycles. The van der Waals surface area contributed by atoms with Gasteiger partial charge in [0.25, 0.3) is 0 Å². The minimum absolute atomic E-state index is 0.556. The van der Waals surface area contributed by atoms with Crippen LogP contribution in [0.2, 0.25) is 0 Å². The molecule has 2 atom stereocenters. The molecule has 0 heterocycles. The molecule has 0 heteroatoms. The van der Waals surface area contributed by atoms with E-state index in [1.54, 1.807) is 0 Å². The van der Waals surface area contributed by atoms with E-state index in [-0.39, 0.29) is 0 Å². The molecule has 0 bridgehead atoms. The molecule has 2 aromatic rings. The van der Waals surface area contributed by atoms with E-state index in [9.17, 15) is 0 Å². The Kier molecular flexibility index (Phi) is 3.92. The maximum absolute atomic E-state index is 2.41. The second-order valence-electron chi connectivity index (χ2n) is 7.44. The van der Waals surface area contributed by atoms with E-state index in [0.717, 1.165) is 0 Å². The first-order valence-corrected chi connectivity index (χ1v) is 9.25. The lowest BCUT2D eigenvalue weighted by atomic mass is 9.70. The highest BCUT2D eigenvalue weighted by Crippen LogP contribution is 2.52. The Bertz CT molecular complexity index is 754. The number of benzene rings is 2. The van der Waals surface area contributed by atoms with Crippen LogP contribution in [-0.2, 0) is 0 Å². The highest BCUT2D eigenvalue weighted by Gasteiger charge is 2.38. The van der Waals surface area contributed by atoms with Gasteiger partial charge in [-0.3, -0.25) is 0 Å². The molecular formula is C24H26. The summed E-state index contributed by atoms with van der Waals surface area (Å²) in [5.74, 6) is 1.76. The zero-order valence-corrected chi connectivity index (χ0v) is 14.9. The van der Waals surface area contributed by atoms with Gasteiger partial charge in [-0.25, -0.2) is 0 Å². The van der Waals surface area contributed by atoms with E-state index in [1.807, 2.05) is 0 Å². The number of rotatable bonds is 4. The Morgan fingerprint density at radius 2 is 1.21 bits per heavy atom. The summed E-state index contributed by atoms with van der Waals surface area (Å²) in [4.78, 5) is 0. The summed E-state index contributed by atoms with van der Waals surface area (Å²) in [6.45, 7) is 6.98. The van der Waals surface area contributed by atoms with Crippen molar-refractivity contribution in [2.75, 3.05) is 0 Å². The van der Waals surface area contributed by atoms with Gasteiger partial charge in [0.05, 0.1) is 0 Å². The van der Waals surface area contributed by atoms with Crippen molar-refractivity contribution in [2.24, 2.45) is 5.92 Å². The molecule has 2 aliphatic rings. The fraction of sp³-hybridized carbons (Fsp3) is 0.333. The Morgan fingerprint density at radius 1 is 0.750 bits per heavy atom. The summed E-state index contributed by atoms with van der Waals surface area (Å²) in [5, 5.41) is 0. The zero-order valence-electron chi connectivity index (χ0n) is 14.9. The van der Waals surface area contributed by atoms with Gasteiger partial charge >= 0.3 is 0 Å². The molecule has 0 saturated carbocycles. The number of allylic oxidation sites excluding steroid dienone is 2. The first kappa shape index (κ1) is 15.4. The fourth-order valence-corrected chi connectivity index (χ4v) is 5.01. The molecular weight excluding hydrogens is 288 g/mol. The van der Waals surface area contributed by atoms with Crippen LogP contribution in [0.1, 0.15) is 67.7 Å². The molecule has 0 fully saturated rings. The predicted molar refractivity (Wildman–Crippen MR) is 104 cm³/mol. The van der Waals surface area contributed by atoms with Crippen LogP contribution in [0, 0.1) is 5.92 Å². The second kappa shape index (κ2) is 6.09. The lowest BCUT2D eigenvalue weighted by Crippen LogP contribution is -2.21. The molecule has 0 nitrogen and oxygen atoms in total. The van der Waals surface area contributed by atoms with Crippen LogP contribution in [-0.4, -0.2) is 0 Å². The summed E-state index contributed by atoms with van der Waals surface area (Å²) in [6, 6.07) is 18.0. The van der Waals surface area contributed by atoms with E-state index >= 15 is 0 Å². The Morgan fingerprint density at radius 3 is 1.67 bits per heavy atom. The molecule has 2 aromatic carbocycles. The maximum atomic E-state index is 2.41. The molecule has 0 amide bonds. The molecule has 0 N–H and O–H groups in total. The van der Waals surface area contributed by atoms with Gasteiger partial charge in [-0.1, -0.05) is 85.2 Å². The zero-order chi connectivity index (χ0) is 16.7. The molecule has 0 saturated heterocycles. The van der Waals surface area contributed by atoms with Crippen LogP contribution >= 0.6 is 0 Å². The van der Waals surface area contributed by atoms with Gasteiger partial charge < -0.3 is 0 Å². The molecule has 0 spiro atoms. The molecule has 2 unspecified atom stereocenters. The Hall–Kier alpha value is -2.08. The van der Waals surface area contributed by atoms with E-state index in [0.29, 0.717) is 17.8 Å². The minimum atomic E-state index is 0.556. The summed E-state index contributed by atoms with van der Waals surface area (Å²) < 4.78 is 0. The van der Waals surface area contributed by atoms with Crippen molar-refractivity contribution in [2.45, 2.75) is 45.4 Å². The quantitative estimate of drug-likeness (QED) is 0.582. The van der Waals surface area contributed by atoms with Gasteiger partial charge in [-0.2, -0.15) is 0 Å². The Balaban J connectivity index is 1.80. The molecule has 2 aliphatic carbocycles. The highest BCUT2D eigenvalue weighted by atomic mass is 14.4. The smallest absolute Gasteiger partial charge is 0.00918 e. The van der Waals surface area contributed by atoms with Crippen molar-refractivity contribution < 1.29 is 0 Å². The van der Waals surface area contributed by atoms with Gasteiger partial charge in [0.2, 0.25) is 0 Å². The van der Waals surface area contributed by atoms with Gasteiger partial charge in [-0.05, 0) is 48.4 Å². The predicted octanol–water partition coefficient (Wildman–Crippen LogP) is 6.80. The van der Waals surface area contributed by atoms with Crippen molar-refractivity contribution in [1.82, 2.24) is 0 Å². The van der Waals surface area contributed by atoms with Crippen molar-refractivity contribution >= 4 is 12.2 Å². The van der Waals surface area contributed by atoms with E-state index in [1.165, 1.54) is 46.2 Å². The topological polar surface area (TPSA) is 0 Å². The molecule has 0 aliphatic heterocycles. The van der Waals surface area contributed by atoms with Crippen molar-refractivity contribution in [3.05, 3.63) is 81.9 Å². The fourth-order valence-electron chi connectivity index (χ4n) is 5.01. The van der Waals surface area contributed by atoms with E-state index in [2.05, 4.69) is 81.5 Å². The molecule has 4 rings (SSSR count). The van der Waals surface area contributed by atoms with Crippen LogP contribution in [0.3, 0.4) is 0 Å². The van der Waals surface area contributed by atoms with Crippen molar-refractivity contribution in [3.8, 4) is 0 Å². The third-order valence-electron chi connectivity index (χ3n) is 5.89. The summed E-state index contributed by atoms with van der Waals surface area (Å²) in [5.41, 5.74) is 8.98. The molecule has 24 heavy (non-hydrogen) atoms. The minimum Gasteiger partial charge on any atom is -0.0654 e. The van der Waals surface area contributed by atoms with Crippen LogP contribution < -0.4 is 0 Å². The number of hydrogen-bond donors (Lipinski definition) is 0. The van der Waals surface area contributed by atoms with Gasteiger partial charge in [0, 0.05) is 11.8 Å². The standard InChI is InChI=1S/C24H26/c1-4-9-22(23-16(2)14-18-10-5-7-12-20(18)23)24-17(3)15-19-11-6-8-13-21(19)24/h5-8,10-15,22-24H,4,9H2,1-3H3. The van der Waals surface area contributed by atoms with Crippen LogP contribution in [0.25, 0.3) is 12.2 Å². The monoisotopic (exact) mass is 314 g/mol. The van der Waals surface area contributed by atoms with E-state index in [4.69, 9.17) is 0 Å². The largest absolute Gasteiger partial charge is 0.0654 e. The SMILES string of the molecule is CCCC(C1C(C)=Cc2ccccc21)C1C(C)=Cc2ccccc21. The van der Waals surface area contributed by atoms with Gasteiger partial charge in [-0.15, -0.1) is 0 Å². The summed E-state index contributed by atoms with van der Waals surface area (Å²) >= 11 is 0. The average molecular weight is 314 g/mol. The van der Waals surface area contributed by atoms with Crippen LogP contribution in [0.4, 0.5) is 0 Å². The van der Waals surface area contributed by atoms with Crippen LogP contribution in [0.15, 0.2) is 59.7 Å². The maximum Gasteiger partial charge on any atom is 0.00918 e. The normalized spacial score (nSPS) is 22.6. The number of fused-ring (bicyclic) bond motifs is 2. The average Bonchev–Trinajstić information content (AvgIpc) is 3.08. The first-order chi connectivity index (χ1) is 11.7. The lowest BCUT2D eigenvalue weighted by molar-refractivity contribution is 0.384.